The first-order valence-electron chi connectivity index (χ1n) is 7.17. The van der Waals surface area contributed by atoms with Crippen molar-refractivity contribution in [1.82, 2.24) is 0 Å². The summed E-state index contributed by atoms with van der Waals surface area (Å²) in [6.07, 6.45) is 2.91. The van der Waals surface area contributed by atoms with Crippen LogP contribution in [-0.4, -0.2) is 19.6 Å². The number of halogens is 2. The van der Waals surface area contributed by atoms with E-state index in [-0.39, 0.29) is 17.4 Å². The highest BCUT2D eigenvalue weighted by Crippen LogP contribution is 2.29. The normalized spacial score (nSPS) is 10.9. The lowest BCUT2D eigenvalue weighted by Crippen LogP contribution is -2.08. The number of methoxy groups -OCH3 is 1. The fourth-order valence-corrected chi connectivity index (χ4v) is 2.04. The highest BCUT2D eigenvalue weighted by atomic mass is 19.3. The summed E-state index contributed by atoms with van der Waals surface area (Å²) in [5.74, 6) is -0.193. The molecule has 24 heavy (non-hydrogen) atoms. The predicted molar refractivity (Wildman–Crippen MR) is 88.5 cm³/mol. The largest absolute Gasteiger partial charge is 0.493 e. The standard InChI is InChI=1S/C18H17F2NO3/c1-12-5-3-4-6-14(12)21-17(22)10-8-13-7-9-15(24-18(19)20)16(11-13)23-2/h3-11,18H,1-2H3,(H,21,22)/b10-8+. The molecule has 0 spiro atoms. The Morgan fingerprint density at radius 3 is 2.58 bits per heavy atom. The van der Waals surface area contributed by atoms with Gasteiger partial charge in [-0.2, -0.15) is 8.78 Å². The van der Waals surface area contributed by atoms with Crippen LogP contribution in [0.15, 0.2) is 48.5 Å². The zero-order valence-electron chi connectivity index (χ0n) is 13.3. The Balaban J connectivity index is 2.08. The van der Waals surface area contributed by atoms with Gasteiger partial charge in [0.25, 0.3) is 0 Å². The van der Waals surface area contributed by atoms with Crippen LogP contribution in [0.5, 0.6) is 11.5 Å². The molecule has 0 radical (unpaired) electrons. The zero-order chi connectivity index (χ0) is 17.5. The van der Waals surface area contributed by atoms with Crippen LogP contribution in [0.25, 0.3) is 6.08 Å². The molecular formula is C18H17F2NO3. The number of rotatable bonds is 6. The van der Waals surface area contributed by atoms with Crippen molar-refractivity contribution < 1.29 is 23.0 Å². The van der Waals surface area contributed by atoms with Crippen molar-refractivity contribution >= 4 is 17.7 Å². The Labute approximate surface area is 138 Å². The first-order chi connectivity index (χ1) is 11.5. The number of alkyl halides is 2. The Morgan fingerprint density at radius 1 is 1.17 bits per heavy atom. The minimum Gasteiger partial charge on any atom is -0.493 e. The van der Waals surface area contributed by atoms with E-state index >= 15 is 0 Å². The van der Waals surface area contributed by atoms with E-state index in [2.05, 4.69) is 10.1 Å². The third-order valence-corrected chi connectivity index (χ3v) is 3.23. The minimum absolute atomic E-state index is 0.0611. The number of anilines is 1. The van der Waals surface area contributed by atoms with Gasteiger partial charge in [0.15, 0.2) is 11.5 Å². The third-order valence-electron chi connectivity index (χ3n) is 3.23. The molecule has 6 heteroatoms. The Bertz CT molecular complexity index is 745. The fourth-order valence-electron chi connectivity index (χ4n) is 2.04. The van der Waals surface area contributed by atoms with Crippen LogP contribution in [0.2, 0.25) is 0 Å². The lowest BCUT2D eigenvalue weighted by molar-refractivity contribution is -0.111. The van der Waals surface area contributed by atoms with Gasteiger partial charge in [0.05, 0.1) is 7.11 Å². The number of benzene rings is 2. The summed E-state index contributed by atoms with van der Waals surface area (Å²) in [6.45, 7) is -1.04. The Hall–Kier alpha value is -2.89. The maximum atomic E-state index is 12.3. The van der Waals surface area contributed by atoms with E-state index in [0.29, 0.717) is 5.56 Å². The lowest BCUT2D eigenvalue weighted by Gasteiger charge is -2.10. The molecular weight excluding hydrogens is 316 g/mol. The van der Waals surface area contributed by atoms with Crippen LogP contribution in [0, 0.1) is 6.92 Å². The van der Waals surface area contributed by atoms with Crippen LogP contribution in [-0.2, 0) is 4.79 Å². The summed E-state index contributed by atoms with van der Waals surface area (Å²) < 4.78 is 33.9. The number of hydrogen-bond donors (Lipinski definition) is 1. The van der Waals surface area contributed by atoms with Crippen LogP contribution in [0.4, 0.5) is 14.5 Å². The van der Waals surface area contributed by atoms with E-state index in [1.807, 2.05) is 25.1 Å². The van der Waals surface area contributed by atoms with Crippen LogP contribution < -0.4 is 14.8 Å². The molecule has 1 amide bonds. The molecule has 0 heterocycles. The van der Waals surface area contributed by atoms with Gasteiger partial charge in [0.2, 0.25) is 5.91 Å². The van der Waals surface area contributed by atoms with Crippen LogP contribution >= 0.6 is 0 Å². The monoisotopic (exact) mass is 333 g/mol. The van der Waals surface area contributed by atoms with E-state index in [4.69, 9.17) is 4.74 Å². The first-order valence-corrected chi connectivity index (χ1v) is 7.17. The van der Waals surface area contributed by atoms with Crippen molar-refractivity contribution in [3.8, 4) is 11.5 Å². The fraction of sp³-hybridized carbons (Fsp3) is 0.167. The average Bonchev–Trinajstić information content (AvgIpc) is 2.55. The van der Waals surface area contributed by atoms with Gasteiger partial charge in [-0.3, -0.25) is 4.79 Å². The van der Waals surface area contributed by atoms with E-state index < -0.39 is 6.61 Å². The van der Waals surface area contributed by atoms with Gasteiger partial charge in [0.1, 0.15) is 0 Å². The maximum absolute atomic E-state index is 12.3. The highest BCUT2D eigenvalue weighted by Gasteiger charge is 2.10. The SMILES string of the molecule is COc1cc(/C=C/C(=O)Nc2ccccc2C)ccc1OC(F)F. The molecule has 0 saturated carbocycles. The Kier molecular flexibility index (Phi) is 5.89. The van der Waals surface area contributed by atoms with Crippen molar-refractivity contribution in [3.63, 3.8) is 0 Å². The van der Waals surface area contributed by atoms with Crippen molar-refractivity contribution in [2.24, 2.45) is 0 Å². The second-order valence-corrected chi connectivity index (χ2v) is 4.93. The molecule has 126 valence electrons. The number of ether oxygens (including phenoxy) is 2. The van der Waals surface area contributed by atoms with Crippen molar-refractivity contribution in [1.29, 1.82) is 0 Å². The molecule has 0 aliphatic heterocycles. The number of nitrogens with one attached hydrogen (secondary N) is 1. The molecule has 0 aromatic heterocycles. The smallest absolute Gasteiger partial charge is 0.387 e. The van der Waals surface area contributed by atoms with E-state index in [9.17, 15) is 13.6 Å². The van der Waals surface area contributed by atoms with E-state index in [1.165, 1.54) is 25.3 Å². The van der Waals surface area contributed by atoms with Gasteiger partial charge in [0, 0.05) is 11.8 Å². The molecule has 0 fully saturated rings. The molecule has 2 rings (SSSR count). The minimum atomic E-state index is -2.93. The molecule has 0 atom stereocenters. The van der Waals surface area contributed by atoms with Crippen LogP contribution in [0.3, 0.4) is 0 Å². The molecule has 0 aliphatic rings. The summed E-state index contributed by atoms with van der Waals surface area (Å²) in [5, 5.41) is 2.77. The summed E-state index contributed by atoms with van der Waals surface area (Å²) in [6, 6.07) is 11.8. The topological polar surface area (TPSA) is 47.6 Å². The summed E-state index contributed by atoms with van der Waals surface area (Å²) in [5.41, 5.74) is 2.30. The maximum Gasteiger partial charge on any atom is 0.387 e. The predicted octanol–water partition coefficient (Wildman–Crippen LogP) is 4.26. The molecule has 4 nitrogen and oxygen atoms in total. The average molecular weight is 333 g/mol. The van der Waals surface area contributed by atoms with Crippen molar-refractivity contribution in [2.75, 3.05) is 12.4 Å². The zero-order valence-corrected chi connectivity index (χ0v) is 13.3. The summed E-state index contributed by atoms with van der Waals surface area (Å²) >= 11 is 0. The summed E-state index contributed by atoms with van der Waals surface area (Å²) in [7, 11) is 1.35. The van der Waals surface area contributed by atoms with Gasteiger partial charge in [-0.1, -0.05) is 24.3 Å². The van der Waals surface area contributed by atoms with Gasteiger partial charge >= 0.3 is 6.61 Å². The Morgan fingerprint density at radius 2 is 1.92 bits per heavy atom. The van der Waals surface area contributed by atoms with Gasteiger partial charge < -0.3 is 14.8 Å². The molecule has 0 unspecified atom stereocenters. The second kappa shape index (κ2) is 8.10. The molecule has 0 saturated heterocycles. The quantitative estimate of drug-likeness (QED) is 0.804. The number of para-hydroxylation sites is 1. The van der Waals surface area contributed by atoms with Gasteiger partial charge in [-0.05, 0) is 42.3 Å². The van der Waals surface area contributed by atoms with Crippen molar-refractivity contribution in [2.45, 2.75) is 13.5 Å². The third kappa shape index (κ3) is 4.81. The first kappa shape index (κ1) is 17.5. The van der Waals surface area contributed by atoms with Gasteiger partial charge in [-0.15, -0.1) is 0 Å². The molecule has 1 N–H and O–H groups in total. The molecule has 0 bridgehead atoms. The van der Waals surface area contributed by atoms with Crippen LogP contribution in [0.1, 0.15) is 11.1 Å². The number of carbonyl (C=O) groups excluding carboxylic acids is 1. The number of carbonyl (C=O) groups is 1. The number of aryl methyl sites for hydroxylation is 1. The highest BCUT2D eigenvalue weighted by molar-refractivity contribution is 6.02. The second-order valence-electron chi connectivity index (χ2n) is 4.93. The van der Waals surface area contributed by atoms with Gasteiger partial charge in [-0.25, -0.2) is 0 Å². The lowest BCUT2D eigenvalue weighted by atomic mass is 10.1. The molecule has 2 aromatic carbocycles. The van der Waals surface area contributed by atoms with E-state index in [1.54, 1.807) is 18.2 Å². The van der Waals surface area contributed by atoms with Crippen molar-refractivity contribution in [3.05, 3.63) is 59.7 Å². The number of amides is 1. The van der Waals surface area contributed by atoms with E-state index in [0.717, 1.165) is 11.3 Å². The number of hydrogen-bond acceptors (Lipinski definition) is 3. The summed E-state index contributed by atoms with van der Waals surface area (Å²) in [4.78, 5) is 12.0. The molecule has 2 aromatic rings. The molecule has 0 aliphatic carbocycles.